The number of rotatable bonds is 7. The molecule has 1 aromatic carbocycles. The van der Waals surface area contributed by atoms with Crippen LogP contribution >= 0.6 is 0 Å². The van der Waals surface area contributed by atoms with E-state index in [2.05, 4.69) is 15.5 Å². The SMILES string of the molecule is COCCNC(=O)c1nc(-c2ccc(OC)c(OC)c2)no1. The average molecular weight is 307 g/mol. The Morgan fingerprint density at radius 2 is 2.00 bits per heavy atom. The zero-order valence-corrected chi connectivity index (χ0v) is 12.6. The highest BCUT2D eigenvalue weighted by Gasteiger charge is 2.16. The number of nitrogens with zero attached hydrogens (tertiary/aromatic N) is 2. The Labute approximate surface area is 127 Å². The molecule has 8 nitrogen and oxygen atoms in total. The molecule has 1 heterocycles. The summed E-state index contributed by atoms with van der Waals surface area (Å²) < 4.78 is 20.2. The van der Waals surface area contributed by atoms with Crippen LogP contribution in [0.1, 0.15) is 10.7 Å². The van der Waals surface area contributed by atoms with Gasteiger partial charge < -0.3 is 24.1 Å². The standard InChI is InChI=1S/C14H17N3O5/c1-19-7-6-15-13(18)14-16-12(17-22-14)9-4-5-10(20-2)11(8-9)21-3/h4-5,8H,6-7H2,1-3H3,(H,15,18). The third kappa shape index (κ3) is 3.53. The molecular weight excluding hydrogens is 290 g/mol. The molecule has 118 valence electrons. The normalized spacial score (nSPS) is 10.3. The van der Waals surface area contributed by atoms with Crippen LogP contribution in [0.15, 0.2) is 22.7 Å². The van der Waals surface area contributed by atoms with Gasteiger partial charge >= 0.3 is 11.8 Å². The average Bonchev–Trinajstić information content (AvgIpc) is 3.04. The summed E-state index contributed by atoms with van der Waals surface area (Å²) in [7, 11) is 4.63. The zero-order valence-electron chi connectivity index (χ0n) is 12.6. The molecule has 1 aromatic heterocycles. The fourth-order valence-electron chi connectivity index (χ4n) is 1.75. The molecule has 1 N–H and O–H groups in total. The number of methoxy groups -OCH3 is 3. The molecular formula is C14H17N3O5. The van der Waals surface area contributed by atoms with Crippen LogP contribution in [-0.2, 0) is 4.74 Å². The first-order valence-electron chi connectivity index (χ1n) is 6.52. The predicted molar refractivity (Wildman–Crippen MR) is 77.0 cm³/mol. The summed E-state index contributed by atoms with van der Waals surface area (Å²) in [6.07, 6.45) is 0. The van der Waals surface area contributed by atoms with Gasteiger partial charge in [0.15, 0.2) is 11.5 Å². The van der Waals surface area contributed by atoms with Gasteiger partial charge in [0.05, 0.1) is 20.8 Å². The summed E-state index contributed by atoms with van der Waals surface area (Å²) >= 11 is 0. The number of ether oxygens (including phenoxy) is 3. The summed E-state index contributed by atoms with van der Waals surface area (Å²) in [4.78, 5) is 15.8. The van der Waals surface area contributed by atoms with E-state index in [1.165, 1.54) is 7.11 Å². The van der Waals surface area contributed by atoms with Crippen LogP contribution in [-0.4, -0.2) is 50.5 Å². The van der Waals surface area contributed by atoms with Gasteiger partial charge in [-0.25, -0.2) is 0 Å². The first kappa shape index (κ1) is 15.8. The van der Waals surface area contributed by atoms with Crippen molar-refractivity contribution in [2.75, 3.05) is 34.5 Å². The largest absolute Gasteiger partial charge is 0.493 e. The molecule has 0 unspecified atom stereocenters. The van der Waals surface area contributed by atoms with Crippen molar-refractivity contribution < 1.29 is 23.5 Å². The van der Waals surface area contributed by atoms with Gasteiger partial charge in [0.25, 0.3) is 0 Å². The Balaban J connectivity index is 2.15. The smallest absolute Gasteiger partial charge is 0.316 e. The molecule has 0 aliphatic carbocycles. The van der Waals surface area contributed by atoms with Gasteiger partial charge in [-0.05, 0) is 18.2 Å². The molecule has 2 aromatic rings. The van der Waals surface area contributed by atoms with Crippen LogP contribution in [0.25, 0.3) is 11.4 Å². The Morgan fingerprint density at radius 1 is 1.23 bits per heavy atom. The number of benzene rings is 1. The lowest BCUT2D eigenvalue weighted by Crippen LogP contribution is -2.27. The molecule has 0 aliphatic rings. The van der Waals surface area contributed by atoms with Gasteiger partial charge in [-0.3, -0.25) is 4.79 Å². The van der Waals surface area contributed by atoms with Crippen molar-refractivity contribution in [1.82, 2.24) is 15.5 Å². The molecule has 0 bridgehead atoms. The maximum Gasteiger partial charge on any atom is 0.316 e. The number of amides is 1. The summed E-state index contributed by atoms with van der Waals surface area (Å²) in [6.45, 7) is 0.770. The number of hydrogen-bond acceptors (Lipinski definition) is 7. The molecule has 0 saturated heterocycles. The van der Waals surface area contributed by atoms with Gasteiger partial charge in [-0.15, -0.1) is 0 Å². The lowest BCUT2D eigenvalue weighted by molar-refractivity contribution is 0.0893. The fourth-order valence-corrected chi connectivity index (χ4v) is 1.75. The van der Waals surface area contributed by atoms with E-state index in [9.17, 15) is 4.79 Å². The van der Waals surface area contributed by atoms with Gasteiger partial charge in [0.1, 0.15) is 0 Å². The van der Waals surface area contributed by atoms with E-state index in [0.29, 0.717) is 30.2 Å². The van der Waals surface area contributed by atoms with E-state index in [0.717, 1.165) is 0 Å². The maximum atomic E-state index is 11.8. The minimum Gasteiger partial charge on any atom is -0.493 e. The molecule has 0 spiro atoms. The van der Waals surface area contributed by atoms with Crippen LogP contribution < -0.4 is 14.8 Å². The van der Waals surface area contributed by atoms with Crippen molar-refractivity contribution in [3.8, 4) is 22.9 Å². The lowest BCUT2D eigenvalue weighted by Gasteiger charge is -2.07. The molecule has 0 atom stereocenters. The third-order valence-corrected chi connectivity index (χ3v) is 2.85. The topological polar surface area (TPSA) is 95.7 Å². The number of carbonyl (C=O) groups excluding carboxylic acids is 1. The van der Waals surface area contributed by atoms with Crippen LogP contribution in [0.2, 0.25) is 0 Å². The summed E-state index contributed by atoms with van der Waals surface area (Å²) in [5, 5.41) is 6.39. The first-order valence-corrected chi connectivity index (χ1v) is 6.52. The maximum absolute atomic E-state index is 11.8. The lowest BCUT2D eigenvalue weighted by atomic mass is 10.2. The highest BCUT2D eigenvalue weighted by atomic mass is 16.5. The van der Waals surface area contributed by atoms with Crippen LogP contribution in [0, 0.1) is 0 Å². The van der Waals surface area contributed by atoms with Crippen molar-refractivity contribution in [1.29, 1.82) is 0 Å². The Bertz CT molecular complexity index is 641. The van der Waals surface area contributed by atoms with Crippen LogP contribution in [0.3, 0.4) is 0 Å². The molecule has 8 heteroatoms. The van der Waals surface area contributed by atoms with Crippen molar-refractivity contribution in [2.24, 2.45) is 0 Å². The molecule has 0 saturated carbocycles. The summed E-state index contributed by atoms with van der Waals surface area (Å²) in [6, 6.07) is 5.18. The van der Waals surface area contributed by atoms with E-state index in [-0.39, 0.29) is 11.7 Å². The Kier molecular flexibility index (Phi) is 5.31. The number of carbonyl (C=O) groups is 1. The van der Waals surface area contributed by atoms with E-state index >= 15 is 0 Å². The van der Waals surface area contributed by atoms with Gasteiger partial charge in [-0.2, -0.15) is 4.98 Å². The highest BCUT2D eigenvalue weighted by Crippen LogP contribution is 2.31. The Morgan fingerprint density at radius 3 is 2.68 bits per heavy atom. The van der Waals surface area contributed by atoms with Crippen molar-refractivity contribution in [2.45, 2.75) is 0 Å². The summed E-state index contributed by atoms with van der Waals surface area (Å²) in [5.41, 5.74) is 0.650. The second-order valence-electron chi connectivity index (χ2n) is 4.24. The third-order valence-electron chi connectivity index (χ3n) is 2.85. The number of nitrogens with one attached hydrogen (secondary N) is 1. The minimum atomic E-state index is -0.448. The quantitative estimate of drug-likeness (QED) is 0.766. The van der Waals surface area contributed by atoms with Crippen LogP contribution in [0.4, 0.5) is 0 Å². The van der Waals surface area contributed by atoms with Crippen molar-refractivity contribution >= 4 is 5.91 Å². The minimum absolute atomic E-state index is 0.110. The van der Waals surface area contributed by atoms with Gasteiger partial charge in [0.2, 0.25) is 5.82 Å². The second-order valence-corrected chi connectivity index (χ2v) is 4.24. The van der Waals surface area contributed by atoms with Crippen molar-refractivity contribution in [3.63, 3.8) is 0 Å². The monoisotopic (exact) mass is 307 g/mol. The molecule has 2 rings (SSSR count). The van der Waals surface area contributed by atoms with Crippen LogP contribution in [0.5, 0.6) is 11.5 Å². The molecule has 0 radical (unpaired) electrons. The van der Waals surface area contributed by atoms with E-state index in [1.54, 1.807) is 32.4 Å². The molecule has 1 amide bonds. The molecule has 0 fully saturated rings. The van der Waals surface area contributed by atoms with E-state index in [1.807, 2.05) is 0 Å². The molecule has 0 aliphatic heterocycles. The van der Waals surface area contributed by atoms with Gasteiger partial charge in [0, 0.05) is 19.2 Å². The second kappa shape index (κ2) is 7.41. The number of aromatic nitrogens is 2. The predicted octanol–water partition coefficient (Wildman–Crippen LogP) is 1.13. The van der Waals surface area contributed by atoms with E-state index in [4.69, 9.17) is 18.7 Å². The van der Waals surface area contributed by atoms with Gasteiger partial charge in [-0.1, -0.05) is 5.16 Å². The van der Waals surface area contributed by atoms with E-state index < -0.39 is 5.91 Å². The Hall–Kier alpha value is -2.61. The summed E-state index contributed by atoms with van der Waals surface area (Å²) in [5.74, 6) is 0.859. The zero-order chi connectivity index (χ0) is 15.9. The van der Waals surface area contributed by atoms with Crippen molar-refractivity contribution in [3.05, 3.63) is 24.1 Å². The first-order chi connectivity index (χ1) is 10.7. The highest BCUT2D eigenvalue weighted by molar-refractivity contribution is 5.89. The fraction of sp³-hybridized carbons (Fsp3) is 0.357. The number of hydrogen-bond donors (Lipinski definition) is 1. The molecule has 22 heavy (non-hydrogen) atoms.